The standard InChI is InChI=1S/C30H25F4N5O3/c1-29(14-35,19-8-9-19)39-26(40)18-5-3-4-17(12-18)21-13-22-23(27(41)36-2)24(16-6-10-20(31)11-7-16)42-28(22)38-25(21)37-15-30(32,33)34/h3-7,10-13,19H,8-9,15H2,1-2H3,(H,36,41)(H,37,38)(H,39,40). The molecule has 0 aliphatic heterocycles. The van der Waals surface area contributed by atoms with Crippen LogP contribution in [-0.4, -0.2) is 42.1 Å². The summed E-state index contributed by atoms with van der Waals surface area (Å²) in [6.07, 6.45) is -2.93. The minimum atomic E-state index is -4.57. The highest BCUT2D eigenvalue weighted by atomic mass is 19.4. The summed E-state index contributed by atoms with van der Waals surface area (Å²) in [7, 11) is 1.40. The number of fused-ring (bicyclic) bond motifs is 1. The van der Waals surface area contributed by atoms with Crippen molar-refractivity contribution in [2.75, 3.05) is 18.9 Å². The largest absolute Gasteiger partial charge is 0.437 e. The monoisotopic (exact) mass is 579 g/mol. The Morgan fingerprint density at radius 3 is 2.40 bits per heavy atom. The average Bonchev–Trinajstić information content (AvgIpc) is 3.77. The van der Waals surface area contributed by atoms with Gasteiger partial charge >= 0.3 is 6.18 Å². The van der Waals surface area contributed by atoms with Gasteiger partial charge in [-0.15, -0.1) is 0 Å². The van der Waals surface area contributed by atoms with E-state index in [9.17, 15) is 32.4 Å². The summed E-state index contributed by atoms with van der Waals surface area (Å²) in [5.74, 6) is -1.68. The van der Waals surface area contributed by atoms with Crippen molar-refractivity contribution in [3.05, 3.63) is 71.5 Å². The molecule has 12 heteroatoms. The lowest BCUT2D eigenvalue weighted by molar-refractivity contribution is -0.115. The molecule has 2 aromatic heterocycles. The van der Waals surface area contributed by atoms with Crippen molar-refractivity contribution < 1.29 is 31.6 Å². The van der Waals surface area contributed by atoms with Gasteiger partial charge in [0.05, 0.1) is 17.0 Å². The summed E-state index contributed by atoms with van der Waals surface area (Å²) < 4.78 is 59.1. The molecular formula is C30H25F4N5O3. The molecule has 2 amide bonds. The maximum absolute atomic E-state index is 13.6. The number of hydrogen-bond acceptors (Lipinski definition) is 6. The van der Waals surface area contributed by atoms with Gasteiger partial charge < -0.3 is 20.4 Å². The number of benzene rings is 2. The Morgan fingerprint density at radius 1 is 1.07 bits per heavy atom. The first-order valence-electron chi connectivity index (χ1n) is 13.0. The first-order valence-corrected chi connectivity index (χ1v) is 13.0. The second-order valence-corrected chi connectivity index (χ2v) is 10.2. The molecule has 4 aromatic rings. The van der Waals surface area contributed by atoms with Gasteiger partial charge in [0, 0.05) is 23.7 Å². The van der Waals surface area contributed by atoms with E-state index in [1.165, 1.54) is 49.5 Å². The second-order valence-electron chi connectivity index (χ2n) is 10.2. The number of aromatic nitrogens is 1. The molecule has 216 valence electrons. The van der Waals surface area contributed by atoms with E-state index in [4.69, 9.17) is 4.42 Å². The number of alkyl halides is 3. The van der Waals surface area contributed by atoms with Crippen LogP contribution in [0.2, 0.25) is 0 Å². The number of carbonyl (C=O) groups excluding carboxylic acids is 2. The average molecular weight is 580 g/mol. The topological polar surface area (TPSA) is 120 Å². The van der Waals surface area contributed by atoms with Crippen molar-refractivity contribution in [3.63, 3.8) is 0 Å². The molecule has 1 aliphatic rings. The highest BCUT2D eigenvalue weighted by molar-refractivity contribution is 6.11. The van der Waals surface area contributed by atoms with Crippen molar-refractivity contribution >= 4 is 28.7 Å². The molecule has 1 atom stereocenters. The molecule has 1 saturated carbocycles. The summed E-state index contributed by atoms with van der Waals surface area (Å²) >= 11 is 0. The van der Waals surface area contributed by atoms with Gasteiger partial charge in [0.15, 0.2) is 0 Å². The lowest BCUT2D eigenvalue weighted by atomic mass is 9.96. The zero-order valence-corrected chi connectivity index (χ0v) is 22.5. The Balaban J connectivity index is 1.65. The van der Waals surface area contributed by atoms with E-state index in [1.807, 2.05) is 0 Å². The van der Waals surface area contributed by atoms with E-state index in [0.717, 1.165) is 12.8 Å². The first kappa shape index (κ1) is 28.6. The molecule has 42 heavy (non-hydrogen) atoms. The summed E-state index contributed by atoms with van der Waals surface area (Å²) in [6, 6.07) is 14.9. The molecule has 5 rings (SSSR count). The van der Waals surface area contributed by atoms with E-state index < -0.39 is 35.9 Å². The number of pyridine rings is 1. The molecular weight excluding hydrogens is 554 g/mol. The maximum atomic E-state index is 13.6. The van der Waals surface area contributed by atoms with Gasteiger partial charge in [-0.05, 0) is 73.7 Å². The van der Waals surface area contributed by atoms with E-state index in [1.54, 1.807) is 19.1 Å². The molecule has 1 fully saturated rings. The van der Waals surface area contributed by atoms with Crippen LogP contribution in [-0.2, 0) is 0 Å². The number of anilines is 1. The van der Waals surface area contributed by atoms with Crippen LogP contribution in [0, 0.1) is 23.1 Å². The predicted octanol–water partition coefficient (Wildman–Crippen LogP) is 6.06. The van der Waals surface area contributed by atoms with Gasteiger partial charge in [-0.25, -0.2) is 4.39 Å². The maximum Gasteiger partial charge on any atom is 0.405 e. The molecule has 2 heterocycles. The SMILES string of the molecule is CNC(=O)c1c(-c2ccc(F)cc2)oc2nc(NCC(F)(F)F)c(-c3cccc(C(=O)NC(C)(C#N)C4CC4)c3)cc12. The van der Waals surface area contributed by atoms with E-state index >= 15 is 0 Å². The van der Waals surface area contributed by atoms with Gasteiger partial charge in [0.2, 0.25) is 5.71 Å². The zero-order chi connectivity index (χ0) is 30.2. The quantitative estimate of drug-likeness (QED) is 0.219. The molecule has 1 unspecified atom stereocenters. The van der Waals surface area contributed by atoms with E-state index in [2.05, 4.69) is 27.0 Å². The van der Waals surface area contributed by atoms with Gasteiger partial charge in [-0.2, -0.15) is 23.4 Å². The summed E-state index contributed by atoms with van der Waals surface area (Å²) in [5, 5.41) is 17.4. The number of amides is 2. The van der Waals surface area contributed by atoms with Crippen molar-refractivity contribution in [3.8, 4) is 28.5 Å². The molecule has 0 saturated heterocycles. The van der Waals surface area contributed by atoms with Crippen molar-refractivity contribution in [2.45, 2.75) is 31.5 Å². The van der Waals surface area contributed by atoms with E-state index in [-0.39, 0.29) is 45.3 Å². The van der Waals surface area contributed by atoms with Gasteiger partial charge in [0.25, 0.3) is 11.8 Å². The van der Waals surface area contributed by atoms with Crippen LogP contribution in [0.4, 0.5) is 23.4 Å². The van der Waals surface area contributed by atoms with Gasteiger partial charge in [-0.3, -0.25) is 9.59 Å². The summed E-state index contributed by atoms with van der Waals surface area (Å²) in [4.78, 5) is 30.4. The number of hydrogen-bond donors (Lipinski definition) is 3. The van der Waals surface area contributed by atoms with E-state index in [0.29, 0.717) is 11.1 Å². The number of nitrogens with zero attached hydrogens (tertiary/aromatic N) is 2. The third kappa shape index (κ3) is 5.76. The molecule has 0 spiro atoms. The second kappa shape index (κ2) is 10.8. The Kier molecular flexibility index (Phi) is 7.36. The van der Waals surface area contributed by atoms with Crippen molar-refractivity contribution in [1.82, 2.24) is 15.6 Å². The highest BCUT2D eigenvalue weighted by Crippen LogP contribution is 2.40. The number of carbonyl (C=O) groups is 2. The van der Waals surface area contributed by atoms with Crippen LogP contribution in [0.1, 0.15) is 40.5 Å². The third-order valence-electron chi connectivity index (χ3n) is 7.13. The Morgan fingerprint density at radius 2 is 1.79 bits per heavy atom. The number of furan rings is 1. The smallest absolute Gasteiger partial charge is 0.405 e. The number of rotatable bonds is 8. The third-order valence-corrected chi connectivity index (χ3v) is 7.13. The minimum absolute atomic E-state index is 0.0407. The van der Waals surface area contributed by atoms with Crippen molar-refractivity contribution in [1.29, 1.82) is 5.26 Å². The predicted molar refractivity (Wildman–Crippen MR) is 147 cm³/mol. The van der Waals surface area contributed by atoms with Gasteiger partial charge in [0.1, 0.15) is 29.5 Å². The lowest BCUT2D eigenvalue weighted by Gasteiger charge is -2.23. The van der Waals surface area contributed by atoms with Crippen molar-refractivity contribution in [2.24, 2.45) is 5.92 Å². The fraction of sp³-hybridized carbons (Fsp3) is 0.267. The Hall–Kier alpha value is -4.92. The molecule has 0 bridgehead atoms. The van der Waals surface area contributed by atoms with Crippen LogP contribution in [0.15, 0.2) is 59.0 Å². The fourth-order valence-electron chi connectivity index (χ4n) is 4.74. The number of nitriles is 1. The lowest BCUT2D eigenvalue weighted by Crippen LogP contribution is -2.46. The first-order chi connectivity index (χ1) is 19.9. The van der Waals surface area contributed by atoms with Crippen LogP contribution in [0.5, 0.6) is 0 Å². The summed E-state index contributed by atoms with van der Waals surface area (Å²) in [6.45, 7) is 0.246. The van der Waals surface area contributed by atoms with Gasteiger partial charge in [-0.1, -0.05) is 12.1 Å². The summed E-state index contributed by atoms with van der Waals surface area (Å²) in [5.41, 5.74) is -0.0788. The van der Waals surface area contributed by atoms with Crippen LogP contribution >= 0.6 is 0 Å². The molecule has 0 radical (unpaired) electrons. The highest BCUT2D eigenvalue weighted by Gasteiger charge is 2.43. The zero-order valence-electron chi connectivity index (χ0n) is 22.5. The molecule has 3 N–H and O–H groups in total. The molecule has 1 aliphatic carbocycles. The normalized spacial score (nSPS) is 14.6. The number of halogens is 4. The van der Waals surface area contributed by atoms with Crippen LogP contribution in [0.25, 0.3) is 33.6 Å². The fourth-order valence-corrected chi connectivity index (χ4v) is 4.74. The minimum Gasteiger partial charge on any atom is -0.437 e. The molecule has 2 aromatic carbocycles. The Bertz CT molecular complexity index is 1720. The Labute approximate surface area is 237 Å². The van der Waals surface area contributed by atoms with Crippen LogP contribution in [0.3, 0.4) is 0 Å². The molecule has 8 nitrogen and oxygen atoms in total. The van der Waals surface area contributed by atoms with Crippen LogP contribution < -0.4 is 16.0 Å². The number of nitrogens with one attached hydrogen (secondary N) is 3.